The normalized spacial score (nSPS) is 19.6. The molecule has 2 aliphatic rings. The minimum Gasteiger partial charge on any atom is -0.366 e. The molecule has 3 rings (SSSR count). The highest BCUT2D eigenvalue weighted by atomic mass is 19.1. The van der Waals surface area contributed by atoms with Gasteiger partial charge in [0.05, 0.1) is 5.57 Å². The first-order chi connectivity index (χ1) is 12.8. The second-order valence-corrected chi connectivity index (χ2v) is 7.99. The molecule has 1 fully saturated rings. The maximum absolute atomic E-state index is 13.4. The Balaban J connectivity index is 2.00. The molecule has 1 aromatic carbocycles. The molecule has 1 aromatic rings. The monoisotopic (exact) mass is 373 g/mol. The van der Waals surface area contributed by atoms with Gasteiger partial charge in [-0.1, -0.05) is 26.0 Å². The third-order valence-electron chi connectivity index (χ3n) is 5.41. The molecule has 2 amide bonds. The molecule has 5 nitrogen and oxygen atoms in total. The number of benzene rings is 1. The fourth-order valence-electron chi connectivity index (χ4n) is 3.86. The maximum Gasteiger partial charge on any atom is 0.277 e. The molecule has 0 aliphatic carbocycles. The quantitative estimate of drug-likeness (QED) is 0.744. The number of likely N-dealkylation sites (N-methyl/N-ethyl adjacent to an activating group) is 1. The Kier molecular flexibility index (Phi) is 5.65. The van der Waals surface area contributed by atoms with Crippen molar-refractivity contribution in [3.63, 3.8) is 0 Å². The van der Waals surface area contributed by atoms with Crippen LogP contribution in [0.3, 0.4) is 0 Å². The molecule has 6 heteroatoms. The summed E-state index contributed by atoms with van der Waals surface area (Å²) in [5, 5.41) is 0. The van der Waals surface area contributed by atoms with Crippen molar-refractivity contribution in [2.24, 2.45) is 5.92 Å². The van der Waals surface area contributed by atoms with E-state index in [2.05, 4.69) is 11.9 Å². The van der Waals surface area contributed by atoms with Crippen molar-refractivity contribution >= 4 is 17.4 Å². The second kappa shape index (κ2) is 7.80. The third kappa shape index (κ3) is 3.90. The van der Waals surface area contributed by atoms with Crippen LogP contribution < -0.4 is 0 Å². The number of carbonyl (C=O) groups is 2. The number of amides is 2. The molecule has 1 saturated heterocycles. The Hall–Kier alpha value is -2.21. The minimum absolute atomic E-state index is 0.181. The first-order valence-electron chi connectivity index (χ1n) is 9.57. The van der Waals surface area contributed by atoms with Crippen LogP contribution in [0.2, 0.25) is 0 Å². The third-order valence-corrected chi connectivity index (χ3v) is 5.41. The van der Waals surface area contributed by atoms with E-state index in [1.165, 1.54) is 17.0 Å². The maximum atomic E-state index is 13.4. The van der Waals surface area contributed by atoms with Gasteiger partial charge in [-0.3, -0.25) is 14.5 Å². The number of halogens is 1. The molecule has 0 N–H and O–H groups in total. The Labute approximate surface area is 160 Å². The smallest absolute Gasteiger partial charge is 0.277 e. The van der Waals surface area contributed by atoms with E-state index in [1.807, 2.05) is 25.8 Å². The lowest BCUT2D eigenvalue weighted by Crippen LogP contribution is -2.44. The molecule has 146 valence electrons. The van der Waals surface area contributed by atoms with E-state index in [1.54, 1.807) is 12.1 Å². The summed E-state index contributed by atoms with van der Waals surface area (Å²) in [4.78, 5) is 31.9. The average Bonchev–Trinajstić information content (AvgIpc) is 2.87. The van der Waals surface area contributed by atoms with E-state index < -0.39 is 0 Å². The summed E-state index contributed by atoms with van der Waals surface area (Å²) in [5.41, 5.74) is 1.43. The van der Waals surface area contributed by atoms with Gasteiger partial charge in [0.15, 0.2) is 0 Å². The summed E-state index contributed by atoms with van der Waals surface area (Å²) < 4.78 is 13.4. The molecule has 0 spiro atoms. The van der Waals surface area contributed by atoms with E-state index in [4.69, 9.17) is 0 Å². The number of likely N-dealkylation sites (tertiary alicyclic amines) is 1. The predicted octanol–water partition coefficient (Wildman–Crippen LogP) is 2.59. The zero-order valence-corrected chi connectivity index (χ0v) is 16.5. The van der Waals surface area contributed by atoms with Crippen LogP contribution in [0.4, 0.5) is 4.39 Å². The fourth-order valence-corrected chi connectivity index (χ4v) is 3.86. The standard InChI is InChI=1S/C21H28FN3O2/c1-14(2)13-25-20(26)18(15-5-7-16(22)8-6-15)19(21(25)27)24(4)17-9-11-23(3)12-10-17/h5-8,14,17H,9-13H2,1-4H3. The van der Waals surface area contributed by atoms with Crippen molar-refractivity contribution in [1.29, 1.82) is 0 Å². The van der Waals surface area contributed by atoms with Crippen LogP contribution in [-0.4, -0.2) is 66.3 Å². The zero-order valence-electron chi connectivity index (χ0n) is 16.5. The molecule has 0 saturated carbocycles. The number of hydrogen-bond acceptors (Lipinski definition) is 4. The molecule has 2 aliphatic heterocycles. The molecule has 0 unspecified atom stereocenters. The molecular weight excluding hydrogens is 345 g/mol. The first-order valence-corrected chi connectivity index (χ1v) is 9.57. The molecule has 0 radical (unpaired) electrons. The van der Waals surface area contributed by atoms with Gasteiger partial charge in [0.25, 0.3) is 11.8 Å². The highest BCUT2D eigenvalue weighted by Gasteiger charge is 2.42. The molecule has 2 heterocycles. The number of piperidine rings is 1. The van der Waals surface area contributed by atoms with Crippen molar-refractivity contribution in [1.82, 2.24) is 14.7 Å². The van der Waals surface area contributed by atoms with Crippen LogP contribution in [0.1, 0.15) is 32.3 Å². The summed E-state index contributed by atoms with van der Waals surface area (Å²) >= 11 is 0. The van der Waals surface area contributed by atoms with Crippen LogP contribution in [0.5, 0.6) is 0 Å². The molecular formula is C21H28FN3O2. The molecule has 0 atom stereocenters. The van der Waals surface area contributed by atoms with Crippen molar-refractivity contribution in [2.45, 2.75) is 32.7 Å². The van der Waals surface area contributed by atoms with Gasteiger partial charge in [-0.25, -0.2) is 4.39 Å². The van der Waals surface area contributed by atoms with Crippen LogP contribution in [0.15, 0.2) is 30.0 Å². The number of nitrogens with zero attached hydrogens (tertiary/aromatic N) is 3. The number of carbonyl (C=O) groups excluding carboxylic acids is 2. The lowest BCUT2D eigenvalue weighted by atomic mass is 10.00. The van der Waals surface area contributed by atoms with Gasteiger partial charge in [0.2, 0.25) is 0 Å². The molecule has 27 heavy (non-hydrogen) atoms. The summed E-state index contributed by atoms with van der Waals surface area (Å²) in [7, 11) is 3.99. The van der Waals surface area contributed by atoms with Crippen molar-refractivity contribution in [2.75, 3.05) is 33.7 Å². The van der Waals surface area contributed by atoms with Gasteiger partial charge in [-0.15, -0.1) is 0 Å². The second-order valence-electron chi connectivity index (χ2n) is 7.99. The van der Waals surface area contributed by atoms with Crippen LogP contribution in [0.25, 0.3) is 5.57 Å². The number of hydrogen-bond donors (Lipinski definition) is 0. The lowest BCUT2D eigenvalue weighted by molar-refractivity contribution is -0.138. The highest BCUT2D eigenvalue weighted by Crippen LogP contribution is 2.34. The fraction of sp³-hybridized carbons (Fsp3) is 0.524. The molecule has 0 bridgehead atoms. The summed E-state index contributed by atoms with van der Waals surface area (Å²) in [6.45, 7) is 6.28. The van der Waals surface area contributed by atoms with E-state index in [-0.39, 0.29) is 29.6 Å². The van der Waals surface area contributed by atoms with Crippen molar-refractivity contribution in [3.8, 4) is 0 Å². The summed E-state index contributed by atoms with van der Waals surface area (Å²) in [6, 6.07) is 6.04. The van der Waals surface area contributed by atoms with Crippen LogP contribution >= 0.6 is 0 Å². The minimum atomic E-state index is -0.361. The first kappa shape index (κ1) is 19.5. The van der Waals surface area contributed by atoms with Gasteiger partial charge in [0.1, 0.15) is 11.5 Å². The van der Waals surface area contributed by atoms with E-state index in [0.717, 1.165) is 25.9 Å². The van der Waals surface area contributed by atoms with Crippen molar-refractivity contribution in [3.05, 3.63) is 41.3 Å². The summed E-state index contributed by atoms with van der Waals surface area (Å²) in [5.74, 6) is -0.703. The topological polar surface area (TPSA) is 43.9 Å². The van der Waals surface area contributed by atoms with Gasteiger partial charge in [-0.05, 0) is 56.6 Å². The Morgan fingerprint density at radius 3 is 2.26 bits per heavy atom. The zero-order chi connectivity index (χ0) is 19.7. The van der Waals surface area contributed by atoms with Gasteiger partial charge in [-0.2, -0.15) is 0 Å². The SMILES string of the molecule is CC(C)CN1C(=O)C(c2ccc(F)cc2)=C(N(C)C2CCN(C)CC2)C1=O. The number of rotatable bonds is 5. The Bertz CT molecular complexity index is 749. The van der Waals surface area contributed by atoms with Gasteiger partial charge >= 0.3 is 0 Å². The van der Waals surface area contributed by atoms with E-state index >= 15 is 0 Å². The van der Waals surface area contributed by atoms with Crippen molar-refractivity contribution < 1.29 is 14.0 Å². The van der Waals surface area contributed by atoms with Crippen LogP contribution in [0, 0.1) is 11.7 Å². The van der Waals surface area contributed by atoms with Crippen LogP contribution in [-0.2, 0) is 9.59 Å². The summed E-state index contributed by atoms with van der Waals surface area (Å²) in [6.07, 6.45) is 1.89. The lowest BCUT2D eigenvalue weighted by Gasteiger charge is -2.36. The number of imide groups is 1. The predicted molar refractivity (Wildman–Crippen MR) is 103 cm³/mol. The van der Waals surface area contributed by atoms with E-state index in [9.17, 15) is 14.0 Å². The highest BCUT2D eigenvalue weighted by molar-refractivity contribution is 6.35. The largest absolute Gasteiger partial charge is 0.366 e. The molecule has 0 aromatic heterocycles. The average molecular weight is 373 g/mol. The Morgan fingerprint density at radius 1 is 1.11 bits per heavy atom. The Morgan fingerprint density at radius 2 is 1.70 bits per heavy atom. The van der Waals surface area contributed by atoms with E-state index in [0.29, 0.717) is 23.4 Å². The van der Waals surface area contributed by atoms with Gasteiger partial charge < -0.3 is 9.80 Å². The van der Waals surface area contributed by atoms with Gasteiger partial charge in [0, 0.05) is 19.6 Å².